The molecule has 0 amide bonds. The highest BCUT2D eigenvalue weighted by Crippen LogP contribution is 2.25. The number of nitrogens with two attached hydrogens (primary N) is 1. The Balaban J connectivity index is 2.98. The Morgan fingerprint density at radius 1 is 1.18 bits per heavy atom. The van der Waals surface area contributed by atoms with Crippen molar-refractivity contribution in [3.8, 4) is 11.5 Å². The summed E-state index contributed by atoms with van der Waals surface area (Å²) < 4.78 is 9.96. The minimum Gasteiger partial charge on any atom is -0.427 e. The van der Waals surface area contributed by atoms with Crippen LogP contribution in [0.5, 0.6) is 11.5 Å². The van der Waals surface area contributed by atoms with Crippen LogP contribution in [0.1, 0.15) is 19.4 Å². The Morgan fingerprint density at radius 2 is 1.82 bits per heavy atom. The average molecular weight is 237 g/mol. The molecule has 1 rings (SSSR count). The molecule has 17 heavy (non-hydrogen) atoms. The highest BCUT2D eigenvalue weighted by Gasteiger charge is 2.08. The first-order chi connectivity index (χ1) is 8.02. The van der Waals surface area contributed by atoms with E-state index in [0.717, 1.165) is 5.56 Å². The average Bonchev–Trinajstić information content (AvgIpc) is 2.21. The molecule has 0 aliphatic carbocycles. The maximum Gasteiger partial charge on any atom is 0.308 e. The molecule has 0 aliphatic heterocycles. The van der Waals surface area contributed by atoms with Crippen molar-refractivity contribution in [2.45, 2.75) is 20.3 Å². The van der Waals surface area contributed by atoms with Gasteiger partial charge in [0.2, 0.25) is 0 Å². The third-order valence-corrected chi connectivity index (χ3v) is 1.96. The van der Waals surface area contributed by atoms with Gasteiger partial charge in [-0.05, 0) is 36.7 Å². The van der Waals surface area contributed by atoms with E-state index < -0.39 is 11.9 Å². The quantitative estimate of drug-likeness (QED) is 0.625. The van der Waals surface area contributed by atoms with Gasteiger partial charge in [0.1, 0.15) is 11.5 Å². The lowest BCUT2D eigenvalue weighted by Gasteiger charge is -2.10. The van der Waals surface area contributed by atoms with Crippen LogP contribution in [0.3, 0.4) is 0 Å². The summed E-state index contributed by atoms with van der Waals surface area (Å²) in [5, 5.41) is 0. The minimum atomic E-state index is -0.400. The number of rotatable bonds is 4. The van der Waals surface area contributed by atoms with Crippen LogP contribution in [-0.4, -0.2) is 18.5 Å². The minimum absolute atomic E-state index is 0.399. The molecule has 0 bridgehead atoms. The first-order valence-corrected chi connectivity index (χ1v) is 5.22. The van der Waals surface area contributed by atoms with E-state index in [1.165, 1.54) is 13.8 Å². The molecule has 0 aliphatic rings. The van der Waals surface area contributed by atoms with E-state index in [4.69, 9.17) is 15.2 Å². The molecule has 0 unspecified atom stereocenters. The first kappa shape index (κ1) is 13.2. The van der Waals surface area contributed by atoms with Crippen molar-refractivity contribution in [1.82, 2.24) is 0 Å². The normalized spacial score (nSPS) is 9.82. The van der Waals surface area contributed by atoms with Gasteiger partial charge in [-0.3, -0.25) is 9.59 Å². The SMILES string of the molecule is CC(=O)Oc1ccc(OC(C)=O)c(CCN)c1. The van der Waals surface area contributed by atoms with E-state index in [1.807, 2.05) is 0 Å². The van der Waals surface area contributed by atoms with Gasteiger partial charge in [0.15, 0.2) is 0 Å². The van der Waals surface area contributed by atoms with Crippen molar-refractivity contribution in [2.75, 3.05) is 6.54 Å². The van der Waals surface area contributed by atoms with Crippen LogP contribution in [0, 0.1) is 0 Å². The third kappa shape index (κ3) is 4.24. The summed E-state index contributed by atoms with van der Waals surface area (Å²) in [5.41, 5.74) is 6.20. The summed E-state index contributed by atoms with van der Waals surface area (Å²) in [7, 11) is 0. The smallest absolute Gasteiger partial charge is 0.308 e. The van der Waals surface area contributed by atoms with Gasteiger partial charge in [-0.25, -0.2) is 0 Å². The lowest BCUT2D eigenvalue weighted by molar-refractivity contribution is -0.133. The van der Waals surface area contributed by atoms with Crippen molar-refractivity contribution >= 4 is 11.9 Å². The zero-order chi connectivity index (χ0) is 12.8. The van der Waals surface area contributed by atoms with E-state index >= 15 is 0 Å². The molecule has 0 heterocycles. The van der Waals surface area contributed by atoms with Crippen molar-refractivity contribution < 1.29 is 19.1 Å². The maximum atomic E-state index is 10.9. The van der Waals surface area contributed by atoms with E-state index in [-0.39, 0.29) is 0 Å². The second kappa shape index (κ2) is 6.00. The molecule has 0 aromatic heterocycles. The lowest BCUT2D eigenvalue weighted by Crippen LogP contribution is -2.09. The van der Waals surface area contributed by atoms with Crippen molar-refractivity contribution in [3.05, 3.63) is 23.8 Å². The maximum absolute atomic E-state index is 10.9. The van der Waals surface area contributed by atoms with E-state index in [0.29, 0.717) is 24.5 Å². The van der Waals surface area contributed by atoms with Gasteiger partial charge in [0.25, 0.3) is 0 Å². The number of carbonyl (C=O) groups is 2. The van der Waals surface area contributed by atoms with Crippen LogP contribution >= 0.6 is 0 Å². The Morgan fingerprint density at radius 3 is 2.35 bits per heavy atom. The molecule has 1 aromatic rings. The zero-order valence-corrected chi connectivity index (χ0v) is 9.86. The number of esters is 2. The fourth-order valence-corrected chi connectivity index (χ4v) is 1.39. The molecule has 1 aromatic carbocycles. The van der Waals surface area contributed by atoms with Crippen LogP contribution in [-0.2, 0) is 16.0 Å². The number of ether oxygens (including phenoxy) is 2. The van der Waals surface area contributed by atoms with Crippen molar-refractivity contribution in [3.63, 3.8) is 0 Å². The van der Waals surface area contributed by atoms with E-state index in [1.54, 1.807) is 18.2 Å². The highest BCUT2D eigenvalue weighted by molar-refractivity contribution is 5.71. The second-order valence-electron chi connectivity index (χ2n) is 3.50. The summed E-state index contributed by atoms with van der Waals surface area (Å²) >= 11 is 0. The van der Waals surface area contributed by atoms with Crippen molar-refractivity contribution in [1.29, 1.82) is 0 Å². The fraction of sp³-hybridized carbons (Fsp3) is 0.333. The topological polar surface area (TPSA) is 78.6 Å². The Hall–Kier alpha value is -1.88. The fourth-order valence-electron chi connectivity index (χ4n) is 1.39. The van der Waals surface area contributed by atoms with Crippen LogP contribution in [0.2, 0.25) is 0 Å². The van der Waals surface area contributed by atoms with Gasteiger partial charge in [-0.15, -0.1) is 0 Å². The molecule has 2 N–H and O–H groups in total. The molecule has 0 saturated carbocycles. The predicted molar refractivity (Wildman–Crippen MR) is 61.8 cm³/mol. The monoisotopic (exact) mass is 237 g/mol. The summed E-state index contributed by atoms with van der Waals surface area (Å²) in [6.45, 7) is 3.06. The molecule has 5 nitrogen and oxygen atoms in total. The summed E-state index contributed by atoms with van der Waals surface area (Å²) in [5.74, 6) is 0.0585. The molecule has 0 saturated heterocycles. The molecule has 0 fully saturated rings. The molecular weight excluding hydrogens is 222 g/mol. The first-order valence-electron chi connectivity index (χ1n) is 5.22. The van der Waals surface area contributed by atoms with Crippen molar-refractivity contribution in [2.24, 2.45) is 5.73 Å². The summed E-state index contributed by atoms with van der Waals surface area (Å²) in [4.78, 5) is 21.7. The highest BCUT2D eigenvalue weighted by atomic mass is 16.5. The van der Waals surface area contributed by atoms with Gasteiger partial charge in [0.05, 0.1) is 0 Å². The number of hydrogen-bond donors (Lipinski definition) is 1. The Bertz CT molecular complexity index is 429. The van der Waals surface area contributed by atoms with Gasteiger partial charge in [0, 0.05) is 13.8 Å². The van der Waals surface area contributed by atoms with Gasteiger partial charge < -0.3 is 15.2 Å². The number of hydrogen-bond acceptors (Lipinski definition) is 5. The number of benzene rings is 1. The third-order valence-electron chi connectivity index (χ3n) is 1.96. The predicted octanol–water partition coefficient (Wildman–Crippen LogP) is 1.04. The van der Waals surface area contributed by atoms with Crippen LogP contribution in [0.4, 0.5) is 0 Å². The second-order valence-corrected chi connectivity index (χ2v) is 3.50. The Labute approximate surface area is 99.5 Å². The van der Waals surface area contributed by atoms with Crippen LogP contribution in [0.15, 0.2) is 18.2 Å². The number of carbonyl (C=O) groups excluding carboxylic acids is 2. The molecule has 0 spiro atoms. The summed E-state index contributed by atoms with van der Waals surface area (Å²) in [6, 6.07) is 4.80. The molecular formula is C12H15NO4. The Kier molecular flexibility index (Phi) is 4.66. The van der Waals surface area contributed by atoms with E-state index in [2.05, 4.69) is 0 Å². The standard InChI is InChI=1S/C12H15NO4/c1-8(14)16-11-3-4-12(17-9(2)15)10(7-11)5-6-13/h3-4,7H,5-6,13H2,1-2H3. The van der Waals surface area contributed by atoms with Crippen LogP contribution in [0.25, 0.3) is 0 Å². The van der Waals surface area contributed by atoms with E-state index in [9.17, 15) is 9.59 Å². The zero-order valence-electron chi connectivity index (χ0n) is 9.86. The summed E-state index contributed by atoms with van der Waals surface area (Å²) in [6.07, 6.45) is 0.539. The molecule has 0 atom stereocenters. The molecule has 0 radical (unpaired) electrons. The van der Waals surface area contributed by atoms with Gasteiger partial charge >= 0.3 is 11.9 Å². The lowest BCUT2D eigenvalue weighted by atomic mass is 10.1. The van der Waals surface area contributed by atoms with Gasteiger partial charge in [-0.1, -0.05) is 0 Å². The van der Waals surface area contributed by atoms with Crippen LogP contribution < -0.4 is 15.2 Å². The molecule has 92 valence electrons. The molecule has 5 heteroatoms. The van der Waals surface area contributed by atoms with Gasteiger partial charge in [-0.2, -0.15) is 0 Å². The largest absolute Gasteiger partial charge is 0.427 e.